The van der Waals surface area contributed by atoms with E-state index in [9.17, 15) is 5.11 Å². The number of aliphatic hydroxyl groups is 1. The predicted molar refractivity (Wildman–Crippen MR) is 45.7 cm³/mol. The van der Waals surface area contributed by atoms with Gasteiger partial charge in [-0.1, -0.05) is 13.8 Å². The quantitative estimate of drug-likeness (QED) is 0.646. The van der Waals surface area contributed by atoms with Crippen LogP contribution in [0.1, 0.15) is 20.3 Å². The van der Waals surface area contributed by atoms with Gasteiger partial charge in [-0.15, -0.1) is 0 Å². The Kier molecular flexibility index (Phi) is 2.47. The van der Waals surface area contributed by atoms with E-state index >= 15 is 0 Å². The number of hydrogen-bond acceptors (Lipinski definition) is 3. The van der Waals surface area contributed by atoms with Gasteiger partial charge in [-0.3, -0.25) is 0 Å². The molecule has 0 saturated heterocycles. The molecular formula is C9H18O3. The second kappa shape index (κ2) is 2.98. The molecule has 1 aliphatic carbocycles. The highest BCUT2D eigenvalue weighted by molar-refractivity contribution is 5.11. The first-order valence-corrected chi connectivity index (χ1v) is 4.20. The average Bonchev–Trinajstić information content (AvgIpc) is 2.58. The summed E-state index contributed by atoms with van der Waals surface area (Å²) < 4.78 is 10.3. The summed E-state index contributed by atoms with van der Waals surface area (Å²) >= 11 is 0. The van der Waals surface area contributed by atoms with Gasteiger partial charge in [0.15, 0.2) is 6.29 Å². The maximum atomic E-state index is 9.26. The van der Waals surface area contributed by atoms with Gasteiger partial charge in [0.1, 0.15) is 0 Å². The Bertz CT molecular complexity index is 163. The minimum Gasteiger partial charge on any atom is -0.396 e. The number of rotatable bonds is 4. The SMILES string of the molecule is COC(OC)C1(CO)CC1(C)C. The fourth-order valence-corrected chi connectivity index (χ4v) is 2.04. The number of aliphatic hydroxyl groups excluding tert-OH is 1. The first-order valence-electron chi connectivity index (χ1n) is 4.20. The molecule has 3 heteroatoms. The van der Waals surface area contributed by atoms with Crippen LogP contribution in [0.5, 0.6) is 0 Å². The zero-order chi connectivity index (χ0) is 9.41. The van der Waals surface area contributed by atoms with Gasteiger partial charge < -0.3 is 14.6 Å². The monoisotopic (exact) mass is 174 g/mol. The van der Waals surface area contributed by atoms with E-state index in [0.717, 1.165) is 6.42 Å². The lowest BCUT2D eigenvalue weighted by molar-refractivity contribution is -0.165. The van der Waals surface area contributed by atoms with Gasteiger partial charge >= 0.3 is 0 Å². The Morgan fingerprint density at radius 1 is 1.33 bits per heavy atom. The smallest absolute Gasteiger partial charge is 0.165 e. The Balaban J connectivity index is 2.70. The average molecular weight is 174 g/mol. The normalized spacial score (nSPS) is 32.5. The number of hydrogen-bond donors (Lipinski definition) is 1. The lowest BCUT2D eigenvalue weighted by atomic mass is 9.96. The molecule has 0 aromatic carbocycles. The summed E-state index contributed by atoms with van der Waals surface area (Å²) in [5, 5.41) is 9.26. The van der Waals surface area contributed by atoms with E-state index in [1.807, 2.05) is 0 Å². The van der Waals surface area contributed by atoms with Crippen LogP contribution in [0.3, 0.4) is 0 Å². The zero-order valence-electron chi connectivity index (χ0n) is 8.26. The maximum absolute atomic E-state index is 9.26. The Morgan fingerprint density at radius 3 is 1.83 bits per heavy atom. The van der Waals surface area contributed by atoms with Crippen LogP contribution in [-0.4, -0.2) is 32.2 Å². The summed E-state index contributed by atoms with van der Waals surface area (Å²) in [7, 11) is 3.22. The molecule has 1 atom stereocenters. The van der Waals surface area contributed by atoms with Gasteiger partial charge in [-0.25, -0.2) is 0 Å². The first-order chi connectivity index (χ1) is 5.54. The van der Waals surface area contributed by atoms with Crippen molar-refractivity contribution in [3.05, 3.63) is 0 Å². The van der Waals surface area contributed by atoms with E-state index in [2.05, 4.69) is 13.8 Å². The highest BCUT2D eigenvalue weighted by atomic mass is 16.7. The molecule has 72 valence electrons. The summed E-state index contributed by atoms with van der Waals surface area (Å²) in [6.07, 6.45) is 0.681. The summed E-state index contributed by atoms with van der Waals surface area (Å²) in [5.41, 5.74) is -0.0467. The molecule has 1 unspecified atom stereocenters. The van der Waals surface area contributed by atoms with Crippen LogP contribution in [-0.2, 0) is 9.47 Å². The molecule has 1 fully saturated rings. The lowest BCUT2D eigenvalue weighted by Crippen LogP contribution is -2.33. The molecule has 0 amide bonds. The van der Waals surface area contributed by atoms with E-state index in [1.165, 1.54) is 0 Å². The predicted octanol–water partition coefficient (Wildman–Crippen LogP) is 1.01. The van der Waals surface area contributed by atoms with Crippen LogP contribution >= 0.6 is 0 Å². The lowest BCUT2D eigenvalue weighted by Gasteiger charge is -2.26. The van der Waals surface area contributed by atoms with E-state index in [4.69, 9.17) is 9.47 Å². The van der Waals surface area contributed by atoms with E-state index in [0.29, 0.717) is 0 Å². The van der Waals surface area contributed by atoms with Gasteiger partial charge in [0.05, 0.1) is 12.0 Å². The first kappa shape index (κ1) is 9.96. The van der Waals surface area contributed by atoms with Crippen LogP contribution < -0.4 is 0 Å². The number of methoxy groups -OCH3 is 2. The topological polar surface area (TPSA) is 38.7 Å². The van der Waals surface area contributed by atoms with Crippen molar-refractivity contribution >= 4 is 0 Å². The van der Waals surface area contributed by atoms with Crippen molar-refractivity contribution in [3.8, 4) is 0 Å². The minimum absolute atomic E-state index is 0.131. The standard InChI is InChI=1S/C9H18O3/c1-8(2)5-9(8,6-10)7(11-3)12-4/h7,10H,5-6H2,1-4H3. The molecule has 1 N–H and O–H groups in total. The fourth-order valence-electron chi connectivity index (χ4n) is 2.04. The van der Waals surface area contributed by atoms with Crippen molar-refractivity contribution in [2.45, 2.75) is 26.6 Å². The van der Waals surface area contributed by atoms with Crippen molar-refractivity contribution in [1.82, 2.24) is 0 Å². The molecule has 1 rings (SSSR count). The van der Waals surface area contributed by atoms with Gasteiger partial charge in [-0.2, -0.15) is 0 Å². The molecular weight excluding hydrogens is 156 g/mol. The summed E-state index contributed by atoms with van der Waals surface area (Å²) in [6.45, 7) is 4.37. The van der Waals surface area contributed by atoms with E-state index in [1.54, 1.807) is 14.2 Å². The molecule has 0 aliphatic heterocycles. The molecule has 0 spiro atoms. The van der Waals surface area contributed by atoms with Gasteiger partial charge in [0, 0.05) is 14.2 Å². The molecule has 0 heterocycles. The Labute approximate surface area is 73.7 Å². The second-order valence-electron chi connectivity index (χ2n) is 4.18. The van der Waals surface area contributed by atoms with E-state index in [-0.39, 0.29) is 23.7 Å². The molecule has 0 bridgehead atoms. The summed E-state index contributed by atoms with van der Waals surface area (Å²) in [5.74, 6) is 0. The van der Waals surface area contributed by atoms with Gasteiger partial charge in [0.25, 0.3) is 0 Å². The minimum atomic E-state index is -0.280. The Morgan fingerprint density at radius 2 is 1.75 bits per heavy atom. The van der Waals surface area contributed by atoms with Crippen LogP contribution in [0.2, 0.25) is 0 Å². The third-order valence-electron chi connectivity index (χ3n) is 3.14. The second-order valence-corrected chi connectivity index (χ2v) is 4.18. The fraction of sp³-hybridized carbons (Fsp3) is 1.00. The largest absolute Gasteiger partial charge is 0.396 e. The summed E-state index contributed by atoms with van der Waals surface area (Å²) in [4.78, 5) is 0. The summed E-state index contributed by atoms with van der Waals surface area (Å²) in [6, 6.07) is 0. The number of ether oxygens (including phenoxy) is 2. The molecule has 1 aliphatic rings. The molecule has 3 nitrogen and oxygen atoms in total. The third kappa shape index (κ3) is 1.16. The van der Waals surface area contributed by atoms with Crippen molar-refractivity contribution in [1.29, 1.82) is 0 Å². The Hall–Kier alpha value is -0.120. The van der Waals surface area contributed by atoms with Crippen molar-refractivity contribution in [3.63, 3.8) is 0 Å². The molecule has 0 aromatic rings. The molecule has 0 aromatic heterocycles. The van der Waals surface area contributed by atoms with E-state index < -0.39 is 0 Å². The van der Waals surface area contributed by atoms with Gasteiger partial charge in [0.2, 0.25) is 0 Å². The molecule has 1 saturated carbocycles. The zero-order valence-corrected chi connectivity index (χ0v) is 8.26. The van der Waals surface area contributed by atoms with Crippen LogP contribution in [0.4, 0.5) is 0 Å². The molecule has 0 radical (unpaired) electrons. The van der Waals surface area contributed by atoms with Crippen molar-refractivity contribution in [2.24, 2.45) is 10.8 Å². The third-order valence-corrected chi connectivity index (χ3v) is 3.14. The highest BCUT2D eigenvalue weighted by Gasteiger charge is 2.65. The van der Waals surface area contributed by atoms with Crippen molar-refractivity contribution < 1.29 is 14.6 Å². The van der Waals surface area contributed by atoms with Crippen LogP contribution in [0, 0.1) is 10.8 Å². The highest BCUT2D eigenvalue weighted by Crippen LogP contribution is 2.65. The van der Waals surface area contributed by atoms with Crippen molar-refractivity contribution in [2.75, 3.05) is 20.8 Å². The van der Waals surface area contributed by atoms with Gasteiger partial charge in [-0.05, 0) is 11.8 Å². The van der Waals surface area contributed by atoms with Crippen LogP contribution in [0.25, 0.3) is 0 Å². The van der Waals surface area contributed by atoms with Crippen LogP contribution in [0.15, 0.2) is 0 Å². The maximum Gasteiger partial charge on any atom is 0.165 e. The molecule has 12 heavy (non-hydrogen) atoms.